The molecule has 5 N–H and O–H groups in total. The minimum absolute atomic E-state index is 0.00473. The van der Waals surface area contributed by atoms with Gasteiger partial charge in [0.2, 0.25) is 23.6 Å². The Labute approximate surface area is 307 Å². The number of likely N-dealkylation sites (tertiary alicyclic amines) is 1. The van der Waals surface area contributed by atoms with Gasteiger partial charge in [0.25, 0.3) is 0 Å². The molecule has 288 valence electrons. The average molecular weight is 743 g/mol. The summed E-state index contributed by atoms with van der Waals surface area (Å²) in [5.41, 5.74) is -1.52. The summed E-state index contributed by atoms with van der Waals surface area (Å²) in [4.78, 5) is 60.8. The Bertz CT molecular complexity index is 1810. The molecule has 1 aliphatic carbocycles. The molecule has 2 unspecified atom stereocenters. The highest BCUT2D eigenvalue weighted by molar-refractivity contribution is 5.98. The molecule has 2 aromatic carbocycles. The second-order valence-electron chi connectivity index (χ2n) is 14.6. The van der Waals surface area contributed by atoms with Gasteiger partial charge < -0.3 is 26.3 Å². The van der Waals surface area contributed by atoms with E-state index in [0.29, 0.717) is 30.8 Å². The zero-order valence-electron chi connectivity index (χ0n) is 30.7. The van der Waals surface area contributed by atoms with Gasteiger partial charge in [-0.1, -0.05) is 70.9 Å². The van der Waals surface area contributed by atoms with Crippen molar-refractivity contribution in [3.63, 3.8) is 0 Å². The number of nitrogens with one attached hydrogen (secondary N) is 5. The normalized spacial score (nSPS) is 19.8. The van der Waals surface area contributed by atoms with Crippen LogP contribution in [0.2, 0.25) is 0 Å². The third kappa shape index (κ3) is 9.02. The lowest BCUT2D eigenvalue weighted by molar-refractivity contribution is -0.139. The number of aromatic amines is 1. The van der Waals surface area contributed by atoms with Crippen LogP contribution in [0.5, 0.6) is 0 Å². The highest BCUT2D eigenvalue weighted by Gasteiger charge is 2.47. The lowest BCUT2D eigenvalue weighted by Gasteiger charge is -2.40. The molecule has 2 heterocycles. The zero-order chi connectivity index (χ0) is 38.5. The van der Waals surface area contributed by atoms with Crippen molar-refractivity contribution in [2.75, 3.05) is 19.8 Å². The minimum atomic E-state index is -4.63. The smallest absolute Gasteiger partial charge is 0.358 e. The van der Waals surface area contributed by atoms with Crippen molar-refractivity contribution in [1.82, 2.24) is 31.2 Å². The largest absolute Gasteiger partial charge is 0.418 e. The topological polar surface area (TPSA) is 135 Å². The van der Waals surface area contributed by atoms with Crippen LogP contribution in [0.4, 0.5) is 17.6 Å². The Morgan fingerprint density at radius 2 is 1.57 bits per heavy atom. The SMILES string of the molecule is CCC(C)[C@H](NC(=O)Cc1ccccc1F)C(=O)N[C@]1(C(=O)N[C@H](C(=O)NCN2CCCC2)C(C)CC)CCc2[nH]c3c(C(F)(F)F)cccc3c2C1. The van der Waals surface area contributed by atoms with Crippen LogP contribution in [0.3, 0.4) is 0 Å². The van der Waals surface area contributed by atoms with Gasteiger partial charge in [-0.2, -0.15) is 13.2 Å². The predicted molar refractivity (Wildman–Crippen MR) is 193 cm³/mol. The fraction of sp³-hybridized carbons (Fsp3) is 0.538. The number of para-hydroxylation sites is 1. The summed E-state index contributed by atoms with van der Waals surface area (Å²) in [7, 11) is 0. The first-order chi connectivity index (χ1) is 25.2. The monoisotopic (exact) mass is 742 g/mol. The van der Waals surface area contributed by atoms with Gasteiger partial charge in [-0.3, -0.25) is 24.1 Å². The van der Waals surface area contributed by atoms with Crippen molar-refractivity contribution >= 4 is 34.5 Å². The van der Waals surface area contributed by atoms with E-state index >= 15 is 0 Å². The quantitative estimate of drug-likeness (QED) is 0.146. The van der Waals surface area contributed by atoms with E-state index in [1.54, 1.807) is 19.1 Å². The van der Waals surface area contributed by atoms with E-state index in [9.17, 15) is 36.7 Å². The lowest BCUT2D eigenvalue weighted by Crippen LogP contribution is -2.67. The van der Waals surface area contributed by atoms with Crippen molar-refractivity contribution in [3.05, 3.63) is 70.7 Å². The first-order valence-electron chi connectivity index (χ1n) is 18.5. The molecule has 4 amide bonds. The minimum Gasteiger partial charge on any atom is -0.358 e. The summed E-state index contributed by atoms with van der Waals surface area (Å²) < 4.78 is 56.5. The predicted octanol–water partition coefficient (Wildman–Crippen LogP) is 5.14. The molecule has 0 bridgehead atoms. The molecule has 1 aliphatic heterocycles. The van der Waals surface area contributed by atoms with Crippen molar-refractivity contribution < 1.29 is 36.7 Å². The number of aromatic nitrogens is 1. The van der Waals surface area contributed by atoms with Gasteiger partial charge in [-0.05, 0) is 73.9 Å². The average Bonchev–Trinajstić information content (AvgIpc) is 3.79. The van der Waals surface area contributed by atoms with Gasteiger partial charge in [0.15, 0.2) is 0 Å². The van der Waals surface area contributed by atoms with Crippen LogP contribution in [-0.4, -0.2) is 70.9 Å². The summed E-state index contributed by atoms with van der Waals surface area (Å²) in [5.74, 6) is -3.56. The van der Waals surface area contributed by atoms with E-state index in [-0.39, 0.29) is 54.0 Å². The Kier molecular flexibility index (Phi) is 12.5. The fourth-order valence-corrected chi connectivity index (χ4v) is 7.34. The molecule has 53 heavy (non-hydrogen) atoms. The highest BCUT2D eigenvalue weighted by Crippen LogP contribution is 2.40. The number of benzene rings is 2. The zero-order valence-corrected chi connectivity index (χ0v) is 30.7. The number of carbonyl (C=O) groups excluding carboxylic acids is 4. The van der Waals surface area contributed by atoms with Gasteiger partial charge in [0, 0.05) is 17.5 Å². The number of hydrogen-bond donors (Lipinski definition) is 5. The third-order valence-corrected chi connectivity index (χ3v) is 11.0. The van der Waals surface area contributed by atoms with Crippen LogP contribution in [0.1, 0.15) is 82.2 Å². The Hall–Kier alpha value is -4.46. The summed E-state index contributed by atoms with van der Waals surface area (Å²) in [6.45, 7) is 9.37. The number of alkyl halides is 3. The fourth-order valence-electron chi connectivity index (χ4n) is 7.34. The van der Waals surface area contributed by atoms with Gasteiger partial charge >= 0.3 is 6.18 Å². The van der Waals surface area contributed by atoms with Crippen LogP contribution in [-0.2, 0) is 44.6 Å². The number of nitrogens with zero attached hydrogens (tertiary/aromatic N) is 1. The lowest BCUT2D eigenvalue weighted by atomic mass is 9.78. The molecule has 10 nitrogen and oxygen atoms in total. The molecule has 14 heteroatoms. The number of halogens is 4. The second-order valence-corrected chi connectivity index (χ2v) is 14.6. The third-order valence-electron chi connectivity index (χ3n) is 11.0. The maximum absolute atomic E-state index is 14.7. The van der Waals surface area contributed by atoms with Crippen LogP contribution in [0, 0.1) is 17.7 Å². The number of aryl methyl sites for hydroxylation is 1. The van der Waals surface area contributed by atoms with Crippen molar-refractivity contribution in [2.24, 2.45) is 11.8 Å². The molecule has 1 fully saturated rings. The van der Waals surface area contributed by atoms with Gasteiger partial charge in [0.05, 0.1) is 24.2 Å². The molecule has 5 rings (SSSR count). The van der Waals surface area contributed by atoms with E-state index in [1.807, 2.05) is 20.8 Å². The maximum Gasteiger partial charge on any atom is 0.418 e. The number of hydrogen-bond acceptors (Lipinski definition) is 5. The molecule has 1 saturated heterocycles. The highest BCUT2D eigenvalue weighted by atomic mass is 19.4. The van der Waals surface area contributed by atoms with E-state index < -0.39 is 58.8 Å². The molecular weight excluding hydrogens is 692 g/mol. The van der Waals surface area contributed by atoms with Crippen LogP contribution in [0.15, 0.2) is 42.5 Å². The van der Waals surface area contributed by atoms with Gasteiger partial charge in [-0.25, -0.2) is 4.39 Å². The van der Waals surface area contributed by atoms with Crippen LogP contribution in [0.25, 0.3) is 10.9 Å². The molecule has 0 radical (unpaired) electrons. The van der Waals surface area contributed by atoms with E-state index in [1.165, 1.54) is 24.3 Å². The second kappa shape index (κ2) is 16.7. The van der Waals surface area contributed by atoms with Crippen molar-refractivity contribution in [3.8, 4) is 0 Å². The number of H-pyrrole nitrogens is 1. The summed E-state index contributed by atoms with van der Waals surface area (Å²) in [5, 5.41) is 11.8. The number of carbonyl (C=O) groups is 4. The number of fused-ring (bicyclic) bond motifs is 3. The van der Waals surface area contributed by atoms with E-state index in [2.05, 4.69) is 31.2 Å². The van der Waals surface area contributed by atoms with Gasteiger partial charge in [-0.15, -0.1) is 0 Å². The Balaban J connectivity index is 1.48. The first kappa shape index (κ1) is 39.7. The summed E-state index contributed by atoms with van der Waals surface area (Å²) in [6, 6.07) is 7.59. The molecular formula is C39H50F4N6O4. The van der Waals surface area contributed by atoms with Crippen molar-refractivity contribution in [1.29, 1.82) is 0 Å². The Morgan fingerprint density at radius 3 is 2.21 bits per heavy atom. The molecule has 5 atom stereocenters. The van der Waals surface area contributed by atoms with Crippen molar-refractivity contribution in [2.45, 2.75) is 103 Å². The number of rotatable bonds is 14. The maximum atomic E-state index is 14.7. The summed E-state index contributed by atoms with van der Waals surface area (Å²) in [6.07, 6.45) is -1.90. The summed E-state index contributed by atoms with van der Waals surface area (Å²) >= 11 is 0. The number of amides is 4. The molecule has 1 aromatic heterocycles. The molecule has 0 saturated carbocycles. The van der Waals surface area contributed by atoms with Gasteiger partial charge in [0.1, 0.15) is 23.4 Å². The molecule has 2 aliphatic rings. The van der Waals surface area contributed by atoms with Crippen LogP contribution >= 0.6 is 0 Å². The standard InChI is InChI=1S/C39H50F4N6O4/c1-5-23(3)32(35(51)44-22-49-18-9-10-19-49)47-37(53)38(17-16-30-27(21-38)26-13-11-14-28(34(26)45-30)39(41,42)43)48-36(52)33(24(4)6-2)46-31(50)20-25-12-7-8-15-29(25)40/h7-8,11-15,23-24,32-33,45H,5-6,9-10,16-22H2,1-4H3,(H,44,51)(H,46,50)(H,47,53)(H,48,52)/t23?,24?,32-,33-,38+/m0/s1. The van der Waals surface area contributed by atoms with E-state index in [4.69, 9.17) is 0 Å². The first-order valence-corrected chi connectivity index (χ1v) is 18.5. The molecule has 0 spiro atoms. The van der Waals surface area contributed by atoms with E-state index in [0.717, 1.165) is 32.0 Å². The molecule has 3 aromatic rings. The van der Waals surface area contributed by atoms with Crippen LogP contribution < -0.4 is 21.3 Å². The Morgan fingerprint density at radius 1 is 0.906 bits per heavy atom.